The van der Waals surface area contributed by atoms with Gasteiger partial charge in [0.15, 0.2) is 0 Å². The Morgan fingerprint density at radius 1 is 1.44 bits per heavy atom. The SMILES string of the molecule is COC(=O)C1(CN2CCC(C)CC2)COC1. The van der Waals surface area contributed by atoms with Crippen molar-refractivity contribution in [2.45, 2.75) is 19.8 Å². The van der Waals surface area contributed by atoms with E-state index in [1.54, 1.807) is 0 Å². The van der Waals surface area contributed by atoms with E-state index in [0.717, 1.165) is 25.6 Å². The molecule has 4 nitrogen and oxygen atoms in total. The first-order valence-electron chi connectivity index (χ1n) is 6.05. The summed E-state index contributed by atoms with van der Waals surface area (Å²) < 4.78 is 10.1. The molecule has 2 aliphatic heterocycles. The molecule has 0 saturated carbocycles. The summed E-state index contributed by atoms with van der Waals surface area (Å²) >= 11 is 0. The summed E-state index contributed by atoms with van der Waals surface area (Å²) in [6.45, 7) is 6.32. The molecule has 2 saturated heterocycles. The second-order valence-electron chi connectivity index (χ2n) is 5.22. The summed E-state index contributed by atoms with van der Waals surface area (Å²) in [7, 11) is 1.46. The van der Waals surface area contributed by atoms with Crippen molar-refractivity contribution >= 4 is 5.97 Å². The second kappa shape index (κ2) is 4.72. The molecule has 2 heterocycles. The number of rotatable bonds is 3. The van der Waals surface area contributed by atoms with Gasteiger partial charge in [0.05, 0.1) is 20.3 Å². The number of esters is 1. The summed E-state index contributed by atoms with van der Waals surface area (Å²) in [6, 6.07) is 0. The molecule has 2 fully saturated rings. The van der Waals surface area contributed by atoms with E-state index in [1.165, 1.54) is 20.0 Å². The van der Waals surface area contributed by atoms with E-state index in [-0.39, 0.29) is 11.4 Å². The molecule has 0 unspecified atom stereocenters. The van der Waals surface area contributed by atoms with Crippen LogP contribution in [0.3, 0.4) is 0 Å². The molecule has 0 aromatic heterocycles. The van der Waals surface area contributed by atoms with Gasteiger partial charge < -0.3 is 14.4 Å². The van der Waals surface area contributed by atoms with Crippen LogP contribution in [0.25, 0.3) is 0 Å². The van der Waals surface area contributed by atoms with Gasteiger partial charge in [0.25, 0.3) is 0 Å². The van der Waals surface area contributed by atoms with Crippen LogP contribution in [0, 0.1) is 11.3 Å². The molecule has 0 aromatic rings. The van der Waals surface area contributed by atoms with Gasteiger partial charge in [-0.2, -0.15) is 0 Å². The molecule has 0 spiro atoms. The van der Waals surface area contributed by atoms with E-state index >= 15 is 0 Å². The van der Waals surface area contributed by atoms with E-state index in [4.69, 9.17) is 9.47 Å². The minimum atomic E-state index is -0.380. The van der Waals surface area contributed by atoms with Gasteiger partial charge in [0, 0.05) is 6.54 Å². The van der Waals surface area contributed by atoms with Gasteiger partial charge in [-0.05, 0) is 31.8 Å². The highest BCUT2D eigenvalue weighted by atomic mass is 16.5. The smallest absolute Gasteiger partial charge is 0.317 e. The predicted molar refractivity (Wildman–Crippen MR) is 60.1 cm³/mol. The fraction of sp³-hybridized carbons (Fsp3) is 0.917. The van der Waals surface area contributed by atoms with Crippen LogP contribution in [0.4, 0.5) is 0 Å². The number of nitrogens with zero attached hydrogens (tertiary/aromatic N) is 1. The average Bonchev–Trinajstić information content (AvgIpc) is 2.25. The van der Waals surface area contributed by atoms with Gasteiger partial charge in [0.2, 0.25) is 0 Å². The van der Waals surface area contributed by atoms with Crippen molar-refractivity contribution in [3.63, 3.8) is 0 Å². The third-order valence-electron chi connectivity index (χ3n) is 3.78. The van der Waals surface area contributed by atoms with Gasteiger partial charge in [-0.25, -0.2) is 0 Å². The van der Waals surface area contributed by atoms with E-state index < -0.39 is 0 Å². The van der Waals surface area contributed by atoms with Crippen LogP contribution in [0.5, 0.6) is 0 Å². The number of hydrogen-bond donors (Lipinski definition) is 0. The Bertz CT molecular complexity index is 255. The van der Waals surface area contributed by atoms with Crippen molar-refractivity contribution in [3.05, 3.63) is 0 Å². The molecule has 0 radical (unpaired) electrons. The maximum Gasteiger partial charge on any atom is 0.317 e. The second-order valence-corrected chi connectivity index (χ2v) is 5.22. The van der Waals surface area contributed by atoms with Crippen LogP contribution >= 0.6 is 0 Å². The van der Waals surface area contributed by atoms with Gasteiger partial charge >= 0.3 is 5.97 Å². The molecule has 0 aromatic carbocycles. The zero-order chi connectivity index (χ0) is 11.6. The summed E-state index contributed by atoms with van der Waals surface area (Å²) in [6.07, 6.45) is 2.47. The minimum Gasteiger partial charge on any atom is -0.468 e. The number of likely N-dealkylation sites (tertiary alicyclic amines) is 1. The quantitative estimate of drug-likeness (QED) is 0.672. The molecule has 0 amide bonds. The summed E-state index contributed by atoms with van der Waals surface area (Å²) in [5.74, 6) is 0.709. The van der Waals surface area contributed by atoms with Crippen molar-refractivity contribution in [1.82, 2.24) is 4.90 Å². The highest BCUT2D eigenvalue weighted by molar-refractivity contribution is 5.78. The fourth-order valence-corrected chi connectivity index (χ4v) is 2.49. The van der Waals surface area contributed by atoms with Crippen LogP contribution in [0.15, 0.2) is 0 Å². The van der Waals surface area contributed by atoms with Crippen molar-refractivity contribution in [2.75, 3.05) is 40.0 Å². The molecule has 0 bridgehead atoms. The van der Waals surface area contributed by atoms with Crippen molar-refractivity contribution in [2.24, 2.45) is 11.3 Å². The zero-order valence-electron chi connectivity index (χ0n) is 10.2. The van der Waals surface area contributed by atoms with Crippen molar-refractivity contribution in [3.8, 4) is 0 Å². The van der Waals surface area contributed by atoms with Crippen molar-refractivity contribution < 1.29 is 14.3 Å². The summed E-state index contributed by atoms with van der Waals surface area (Å²) in [5.41, 5.74) is -0.380. The van der Waals surface area contributed by atoms with Crippen LogP contribution < -0.4 is 0 Å². The molecule has 4 heteroatoms. The lowest BCUT2D eigenvalue weighted by Crippen LogP contribution is -2.57. The number of methoxy groups -OCH3 is 1. The molecule has 92 valence electrons. The third-order valence-corrected chi connectivity index (χ3v) is 3.78. The third kappa shape index (κ3) is 2.23. The van der Waals surface area contributed by atoms with E-state index in [9.17, 15) is 4.79 Å². The lowest BCUT2D eigenvalue weighted by Gasteiger charge is -2.43. The van der Waals surface area contributed by atoms with E-state index in [0.29, 0.717) is 13.2 Å². The Morgan fingerprint density at radius 2 is 2.06 bits per heavy atom. The van der Waals surface area contributed by atoms with Gasteiger partial charge in [-0.15, -0.1) is 0 Å². The molecular formula is C12H21NO3. The number of piperidine rings is 1. The molecule has 2 aliphatic rings. The van der Waals surface area contributed by atoms with Crippen LogP contribution in [-0.4, -0.2) is 50.8 Å². The first kappa shape index (κ1) is 11.9. The predicted octanol–water partition coefficient (Wildman–Crippen LogP) is 0.908. The Kier molecular flexibility index (Phi) is 3.50. The number of hydrogen-bond acceptors (Lipinski definition) is 4. The lowest BCUT2D eigenvalue weighted by molar-refractivity contribution is -0.187. The molecule has 2 rings (SSSR count). The number of carbonyl (C=O) groups is 1. The summed E-state index contributed by atoms with van der Waals surface area (Å²) in [5, 5.41) is 0. The Balaban J connectivity index is 1.89. The fourth-order valence-electron chi connectivity index (χ4n) is 2.49. The summed E-state index contributed by atoms with van der Waals surface area (Å²) in [4.78, 5) is 14.1. The van der Waals surface area contributed by atoms with Gasteiger partial charge in [0.1, 0.15) is 5.41 Å². The normalized spacial score (nSPS) is 26.1. The van der Waals surface area contributed by atoms with E-state index in [2.05, 4.69) is 11.8 Å². The van der Waals surface area contributed by atoms with Crippen LogP contribution in [0.1, 0.15) is 19.8 Å². The maximum absolute atomic E-state index is 11.7. The molecular weight excluding hydrogens is 206 g/mol. The van der Waals surface area contributed by atoms with Gasteiger partial charge in [-0.1, -0.05) is 6.92 Å². The minimum absolute atomic E-state index is 0.114. The molecule has 0 atom stereocenters. The topological polar surface area (TPSA) is 38.8 Å². The zero-order valence-corrected chi connectivity index (χ0v) is 10.2. The Morgan fingerprint density at radius 3 is 2.50 bits per heavy atom. The average molecular weight is 227 g/mol. The first-order valence-corrected chi connectivity index (χ1v) is 6.05. The highest BCUT2D eigenvalue weighted by Crippen LogP contribution is 2.31. The molecule has 16 heavy (non-hydrogen) atoms. The number of carbonyl (C=O) groups excluding carboxylic acids is 1. The highest BCUT2D eigenvalue weighted by Gasteiger charge is 2.48. The maximum atomic E-state index is 11.7. The molecule has 0 aliphatic carbocycles. The Labute approximate surface area is 96.9 Å². The standard InChI is InChI=1S/C12H21NO3/c1-10-3-5-13(6-4-10)7-12(8-16-9-12)11(14)15-2/h10H,3-9H2,1-2H3. The Hall–Kier alpha value is -0.610. The van der Waals surface area contributed by atoms with Crippen LogP contribution in [-0.2, 0) is 14.3 Å². The molecule has 0 N–H and O–H groups in total. The van der Waals surface area contributed by atoms with E-state index in [1.807, 2.05) is 0 Å². The lowest BCUT2D eigenvalue weighted by atomic mass is 9.84. The largest absolute Gasteiger partial charge is 0.468 e. The van der Waals surface area contributed by atoms with Crippen LogP contribution in [0.2, 0.25) is 0 Å². The monoisotopic (exact) mass is 227 g/mol. The van der Waals surface area contributed by atoms with Gasteiger partial charge in [-0.3, -0.25) is 4.79 Å². The number of ether oxygens (including phenoxy) is 2. The first-order chi connectivity index (χ1) is 7.66. The van der Waals surface area contributed by atoms with Crippen molar-refractivity contribution in [1.29, 1.82) is 0 Å².